The lowest BCUT2D eigenvalue weighted by atomic mass is 9.87. The Labute approximate surface area is 146 Å². The van der Waals surface area contributed by atoms with Gasteiger partial charge in [0.25, 0.3) is 0 Å². The normalized spacial score (nSPS) is 26.6. The van der Waals surface area contributed by atoms with Gasteiger partial charge in [-0.1, -0.05) is 39.0 Å². The number of nitrogens with zero attached hydrogens (tertiary/aromatic N) is 4. The fraction of sp³-hybridized carbons (Fsp3) is 0.789. The molecule has 1 aromatic rings. The summed E-state index contributed by atoms with van der Waals surface area (Å²) in [5.74, 6) is 2.67. The van der Waals surface area contributed by atoms with E-state index >= 15 is 0 Å². The van der Waals surface area contributed by atoms with Crippen LogP contribution in [0.4, 0.5) is 0 Å². The van der Waals surface area contributed by atoms with E-state index in [4.69, 9.17) is 0 Å². The average molecular weight is 332 g/mol. The summed E-state index contributed by atoms with van der Waals surface area (Å²) < 4.78 is 2.26. The summed E-state index contributed by atoms with van der Waals surface area (Å²) in [4.78, 5) is 11.2. The molecule has 1 aliphatic heterocycles. The van der Waals surface area contributed by atoms with Gasteiger partial charge in [-0.25, -0.2) is 4.98 Å². The fourth-order valence-electron chi connectivity index (χ4n) is 4.29. The molecule has 1 saturated heterocycles. The van der Waals surface area contributed by atoms with Gasteiger partial charge in [-0.05, 0) is 24.7 Å². The lowest BCUT2D eigenvalue weighted by Crippen LogP contribution is -2.49. The summed E-state index contributed by atoms with van der Waals surface area (Å²) in [5.41, 5.74) is 0. The highest BCUT2D eigenvalue weighted by molar-refractivity contribution is 5.80. The third-order valence-electron chi connectivity index (χ3n) is 5.90. The van der Waals surface area contributed by atoms with E-state index in [1.807, 2.05) is 19.6 Å². The Morgan fingerprint density at radius 1 is 1.25 bits per heavy atom. The molecule has 0 amide bonds. The Kier molecular flexibility index (Phi) is 6.16. The highest BCUT2D eigenvalue weighted by Crippen LogP contribution is 2.28. The standard InChI is InChI=1S/C19H33N5/c1-16-9-12-23(14-18(16)24-13-11-21-15-24)19(20-2)22-10-8-17-6-4-3-5-7-17/h11,13,15-18H,3-10,12,14H2,1-2H3,(H,20,22). The monoisotopic (exact) mass is 331 g/mol. The Balaban J connectivity index is 1.51. The van der Waals surface area contributed by atoms with Crippen LogP contribution >= 0.6 is 0 Å². The number of aromatic nitrogens is 2. The van der Waals surface area contributed by atoms with Crippen molar-refractivity contribution >= 4 is 5.96 Å². The van der Waals surface area contributed by atoms with Crippen LogP contribution in [0, 0.1) is 11.8 Å². The number of likely N-dealkylation sites (tertiary alicyclic amines) is 1. The van der Waals surface area contributed by atoms with E-state index < -0.39 is 0 Å². The predicted molar refractivity (Wildman–Crippen MR) is 99.2 cm³/mol. The zero-order valence-electron chi connectivity index (χ0n) is 15.3. The van der Waals surface area contributed by atoms with Crippen LogP contribution in [0.5, 0.6) is 0 Å². The van der Waals surface area contributed by atoms with E-state index in [2.05, 4.69) is 37.9 Å². The number of guanidine groups is 1. The number of hydrogen-bond donors (Lipinski definition) is 1. The molecule has 2 atom stereocenters. The molecule has 3 rings (SSSR count). The Morgan fingerprint density at radius 3 is 2.79 bits per heavy atom. The van der Waals surface area contributed by atoms with Crippen LogP contribution in [0.1, 0.15) is 57.9 Å². The molecule has 0 aromatic carbocycles. The molecule has 2 unspecified atom stereocenters. The summed E-state index contributed by atoms with van der Waals surface area (Å²) in [7, 11) is 1.91. The molecule has 2 aliphatic rings. The van der Waals surface area contributed by atoms with Crippen LogP contribution in [0.3, 0.4) is 0 Å². The molecular weight excluding hydrogens is 298 g/mol. The maximum atomic E-state index is 4.54. The van der Waals surface area contributed by atoms with Crippen molar-refractivity contribution in [3.8, 4) is 0 Å². The first-order valence-corrected chi connectivity index (χ1v) is 9.71. The molecule has 0 spiro atoms. The van der Waals surface area contributed by atoms with E-state index in [-0.39, 0.29) is 0 Å². The number of piperidine rings is 1. The van der Waals surface area contributed by atoms with Gasteiger partial charge in [0.1, 0.15) is 0 Å². The quantitative estimate of drug-likeness (QED) is 0.680. The summed E-state index contributed by atoms with van der Waals surface area (Å²) in [6.07, 6.45) is 15.5. The summed E-state index contributed by atoms with van der Waals surface area (Å²) in [6, 6.07) is 0.484. The van der Waals surface area contributed by atoms with E-state index in [1.54, 1.807) is 0 Å². The molecule has 1 N–H and O–H groups in total. The van der Waals surface area contributed by atoms with E-state index in [0.717, 1.165) is 31.5 Å². The lowest BCUT2D eigenvalue weighted by Gasteiger charge is -2.39. The minimum Gasteiger partial charge on any atom is -0.356 e. The second-order valence-electron chi connectivity index (χ2n) is 7.56. The number of rotatable bonds is 4. The van der Waals surface area contributed by atoms with Crippen molar-refractivity contribution in [1.82, 2.24) is 19.8 Å². The molecule has 1 aromatic heterocycles. The van der Waals surface area contributed by atoms with E-state index in [1.165, 1.54) is 44.9 Å². The molecule has 0 bridgehead atoms. The molecule has 5 nitrogen and oxygen atoms in total. The molecule has 2 heterocycles. The van der Waals surface area contributed by atoms with Gasteiger partial charge in [-0.3, -0.25) is 4.99 Å². The Morgan fingerprint density at radius 2 is 2.08 bits per heavy atom. The first-order chi connectivity index (χ1) is 11.8. The van der Waals surface area contributed by atoms with E-state index in [0.29, 0.717) is 12.0 Å². The summed E-state index contributed by atoms with van der Waals surface area (Å²) >= 11 is 0. The molecule has 0 radical (unpaired) electrons. The van der Waals surface area contributed by atoms with Gasteiger partial charge in [0.2, 0.25) is 0 Å². The Bertz CT molecular complexity index is 504. The maximum absolute atomic E-state index is 4.54. The van der Waals surface area contributed by atoms with Gasteiger partial charge in [-0.2, -0.15) is 0 Å². The number of nitrogens with one attached hydrogen (secondary N) is 1. The topological polar surface area (TPSA) is 45.5 Å². The second-order valence-corrected chi connectivity index (χ2v) is 7.56. The smallest absolute Gasteiger partial charge is 0.193 e. The van der Waals surface area contributed by atoms with Crippen molar-refractivity contribution in [2.75, 3.05) is 26.7 Å². The minimum absolute atomic E-state index is 0.484. The van der Waals surface area contributed by atoms with Crippen molar-refractivity contribution in [1.29, 1.82) is 0 Å². The van der Waals surface area contributed by atoms with Gasteiger partial charge in [-0.15, -0.1) is 0 Å². The summed E-state index contributed by atoms with van der Waals surface area (Å²) in [5, 5.41) is 3.62. The molecular formula is C19H33N5. The third kappa shape index (κ3) is 4.31. The maximum Gasteiger partial charge on any atom is 0.193 e. The fourth-order valence-corrected chi connectivity index (χ4v) is 4.29. The van der Waals surface area contributed by atoms with Gasteiger partial charge in [0.05, 0.1) is 12.4 Å². The van der Waals surface area contributed by atoms with Gasteiger partial charge < -0.3 is 14.8 Å². The molecule has 1 saturated carbocycles. The second kappa shape index (κ2) is 8.54. The van der Waals surface area contributed by atoms with Crippen molar-refractivity contribution in [2.45, 2.75) is 57.9 Å². The van der Waals surface area contributed by atoms with Crippen LogP contribution in [0.2, 0.25) is 0 Å². The third-order valence-corrected chi connectivity index (χ3v) is 5.90. The number of hydrogen-bond acceptors (Lipinski definition) is 2. The van der Waals surface area contributed by atoms with Crippen LogP contribution in [-0.2, 0) is 0 Å². The first-order valence-electron chi connectivity index (χ1n) is 9.71. The highest BCUT2D eigenvalue weighted by Gasteiger charge is 2.28. The van der Waals surface area contributed by atoms with Crippen LogP contribution in [-0.4, -0.2) is 47.1 Å². The van der Waals surface area contributed by atoms with Crippen molar-refractivity contribution in [3.05, 3.63) is 18.7 Å². The first kappa shape index (κ1) is 17.3. The summed E-state index contributed by atoms with van der Waals surface area (Å²) in [6.45, 7) is 5.51. The molecule has 24 heavy (non-hydrogen) atoms. The van der Waals surface area contributed by atoms with Crippen molar-refractivity contribution in [3.63, 3.8) is 0 Å². The van der Waals surface area contributed by atoms with Crippen LogP contribution in [0.15, 0.2) is 23.7 Å². The predicted octanol–water partition coefficient (Wildman–Crippen LogP) is 3.31. The zero-order chi connectivity index (χ0) is 16.8. The van der Waals surface area contributed by atoms with Crippen molar-refractivity contribution < 1.29 is 0 Å². The van der Waals surface area contributed by atoms with Crippen molar-refractivity contribution in [2.24, 2.45) is 16.8 Å². The largest absolute Gasteiger partial charge is 0.356 e. The van der Waals surface area contributed by atoms with Gasteiger partial charge in [0, 0.05) is 39.1 Å². The van der Waals surface area contributed by atoms with Gasteiger partial charge in [0.15, 0.2) is 5.96 Å². The lowest BCUT2D eigenvalue weighted by molar-refractivity contribution is 0.188. The minimum atomic E-state index is 0.484. The highest BCUT2D eigenvalue weighted by atomic mass is 15.3. The molecule has 2 fully saturated rings. The number of imidazole rings is 1. The molecule has 5 heteroatoms. The molecule has 134 valence electrons. The van der Waals surface area contributed by atoms with Crippen LogP contribution < -0.4 is 5.32 Å². The average Bonchev–Trinajstić information content (AvgIpc) is 3.15. The SMILES string of the molecule is CN=C(NCCC1CCCCC1)N1CCC(C)C(n2ccnc2)C1. The zero-order valence-corrected chi connectivity index (χ0v) is 15.3. The number of aliphatic imine (C=N–C) groups is 1. The molecule has 1 aliphatic carbocycles. The van der Waals surface area contributed by atoms with Crippen LogP contribution in [0.25, 0.3) is 0 Å². The van der Waals surface area contributed by atoms with Gasteiger partial charge >= 0.3 is 0 Å². The Hall–Kier alpha value is -1.52. The van der Waals surface area contributed by atoms with E-state index in [9.17, 15) is 0 Å².